The van der Waals surface area contributed by atoms with Gasteiger partial charge in [-0.3, -0.25) is 24.6 Å². The molecule has 1 fully saturated rings. The maximum atomic E-state index is 12.6. The van der Waals surface area contributed by atoms with Crippen LogP contribution in [0.25, 0.3) is 0 Å². The molecule has 2 aromatic carbocycles. The molecule has 0 radical (unpaired) electrons. The Kier molecular flexibility index (Phi) is 6.08. The second-order valence-corrected chi connectivity index (χ2v) is 7.35. The highest BCUT2D eigenvalue weighted by molar-refractivity contribution is 6.39. The standard InChI is InChI=1S/C21H22N4O7/c1-30-18-11-15(25(28)29)3-4-16(18)22-20(26)21(27)24-8-6-23(7-9-24)12-14-2-5-17-19(10-14)32-13-31-17/h2-5,10-11H,6-9,12-13H2,1H3,(H,22,26). The van der Waals surface area contributed by atoms with E-state index < -0.39 is 16.7 Å². The molecule has 0 aromatic heterocycles. The lowest BCUT2D eigenvalue weighted by Gasteiger charge is -2.34. The van der Waals surface area contributed by atoms with Crippen LogP contribution in [-0.4, -0.2) is 66.6 Å². The van der Waals surface area contributed by atoms with Gasteiger partial charge in [0.2, 0.25) is 6.79 Å². The van der Waals surface area contributed by atoms with Gasteiger partial charge in [0.25, 0.3) is 5.69 Å². The van der Waals surface area contributed by atoms with Crippen molar-refractivity contribution in [1.29, 1.82) is 0 Å². The molecule has 2 heterocycles. The number of carbonyl (C=O) groups is 2. The third-order valence-electron chi connectivity index (χ3n) is 5.34. The molecular weight excluding hydrogens is 420 g/mol. The minimum atomic E-state index is -0.818. The number of anilines is 1. The van der Waals surface area contributed by atoms with Crippen LogP contribution in [0, 0.1) is 10.1 Å². The zero-order valence-corrected chi connectivity index (χ0v) is 17.4. The smallest absolute Gasteiger partial charge is 0.314 e. The van der Waals surface area contributed by atoms with Crippen molar-refractivity contribution in [3.05, 3.63) is 52.1 Å². The number of rotatable bonds is 5. The fourth-order valence-corrected chi connectivity index (χ4v) is 3.62. The molecule has 0 unspecified atom stereocenters. The first kappa shape index (κ1) is 21.4. The van der Waals surface area contributed by atoms with Crippen LogP contribution in [0.4, 0.5) is 11.4 Å². The summed E-state index contributed by atoms with van der Waals surface area (Å²) in [5.41, 5.74) is 1.10. The van der Waals surface area contributed by atoms with Gasteiger partial charge in [-0.25, -0.2) is 0 Å². The van der Waals surface area contributed by atoms with Crippen molar-refractivity contribution in [2.45, 2.75) is 6.54 Å². The van der Waals surface area contributed by atoms with Crippen molar-refractivity contribution in [2.75, 3.05) is 45.4 Å². The fraction of sp³-hybridized carbons (Fsp3) is 0.333. The van der Waals surface area contributed by atoms with E-state index in [-0.39, 0.29) is 23.9 Å². The molecule has 11 nitrogen and oxygen atoms in total. The number of nitrogens with one attached hydrogen (secondary N) is 1. The van der Waals surface area contributed by atoms with Crippen LogP contribution in [0.5, 0.6) is 17.2 Å². The van der Waals surface area contributed by atoms with Gasteiger partial charge >= 0.3 is 11.8 Å². The van der Waals surface area contributed by atoms with Gasteiger partial charge < -0.3 is 24.4 Å². The van der Waals surface area contributed by atoms with E-state index in [1.165, 1.54) is 30.2 Å². The molecule has 2 aliphatic heterocycles. The summed E-state index contributed by atoms with van der Waals surface area (Å²) in [6, 6.07) is 9.58. The van der Waals surface area contributed by atoms with E-state index in [4.69, 9.17) is 14.2 Å². The van der Waals surface area contributed by atoms with Gasteiger partial charge in [-0.2, -0.15) is 0 Å². The van der Waals surface area contributed by atoms with E-state index in [2.05, 4.69) is 10.2 Å². The maximum Gasteiger partial charge on any atom is 0.314 e. The van der Waals surface area contributed by atoms with Crippen molar-refractivity contribution in [3.8, 4) is 17.2 Å². The summed E-state index contributed by atoms with van der Waals surface area (Å²) in [6.45, 7) is 2.99. The number of piperazine rings is 1. The van der Waals surface area contributed by atoms with E-state index in [9.17, 15) is 19.7 Å². The second kappa shape index (κ2) is 9.10. The molecule has 4 rings (SSSR count). The van der Waals surface area contributed by atoms with Gasteiger partial charge in [-0.1, -0.05) is 6.07 Å². The van der Waals surface area contributed by atoms with Gasteiger partial charge in [-0.15, -0.1) is 0 Å². The largest absolute Gasteiger partial charge is 0.494 e. The number of hydrogen-bond donors (Lipinski definition) is 1. The summed E-state index contributed by atoms with van der Waals surface area (Å²) in [7, 11) is 1.33. The van der Waals surface area contributed by atoms with Gasteiger partial charge in [0.15, 0.2) is 11.5 Å². The van der Waals surface area contributed by atoms with E-state index in [1.807, 2.05) is 18.2 Å². The molecule has 0 saturated carbocycles. The monoisotopic (exact) mass is 442 g/mol. The van der Waals surface area contributed by atoms with Crippen LogP contribution in [-0.2, 0) is 16.1 Å². The number of nitrogens with zero attached hydrogens (tertiary/aromatic N) is 3. The van der Waals surface area contributed by atoms with Crippen LogP contribution in [0.3, 0.4) is 0 Å². The SMILES string of the molecule is COc1cc([N+](=O)[O-])ccc1NC(=O)C(=O)N1CCN(Cc2ccc3c(c2)OCO3)CC1. The summed E-state index contributed by atoms with van der Waals surface area (Å²) in [6.07, 6.45) is 0. The predicted octanol–water partition coefficient (Wildman–Crippen LogP) is 1.61. The third-order valence-corrected chi connectivity index (χ3v) is 5.34. The Morgan fingerprint density at radius 1 is 1.09 bits per heavy atom. The second-order valence-electron chi connectivity index (χ2n) is 7.35. The normalized spacial score (nSPS) is 15.3. The topological polar surface area (TPSA) is 123 Å². The van der Waals surface area contributed by atoms with Gasteiger partial charge in [0.05, 0.1) is 23.8 Å². The number of amides is 2. The molecule has 0 spiro atoms. The van der Waals surface area contributed by atoms with Gasteiger partial charge in [0, 0.05) is 38.8 Å². The molecule has 0 bridgehead atoms. The minimum absolute atomic E-state index is 0.105. The van der Waals surface area contributed by atoms with Crippen LogP contribution in [0.1, 0.15) is 5.56 Å². The van der Waals surface area contributed by atoms with E-state index in [0.29, 0.717) is 32.7 Å². The van der Waals surface area contributed by atoms with E-state index in [0.717, 1.165) is 17.1 Å². The predicted molar refractivity (Wildman–Crippen MR) is 113 cm³/mol. The summed E-state index contributed by atoms with van der Waals surface area (Å²) >= 11 is 0. The first-order chi connectivity index (χ1) is 15.4. The number of methoxy groups -OCH3 is 1. The fourth-order valence-electron chi connectivity index (χ4n) is 3.62. The van der Waals surface area contributed by atoms with Crippen molar-refractivity contribution in [1.82, 2.24) is 9.80 Å². The van der Waals surface area contributed by atoms with Crippen molar-refractivity contribution in [2.24, 2.45) is 0 Å². The molecule has 1 N–H and O–H groups in total. The summed E-state index contributed by atoms with van der Waals surface area (Å²) in [4.78, 5) is 39.0. The minimum Gasteiger partial charge on any atom is -0.494 e. The Labute approximate surface area is 183 Å². The molecule has 11 heteroatoms. The zero-order valence-electron chi connectivity index (χ0n) is 17.4. The Morgan fingerprint density at radius 3 is 2.56 bits per heavy atom. The molecule has 1 saturated heterocycles. The van der Waals surface area contributed by atoms with Gasteiger partial charge in [-0.05, 0) is 23.8 Å². The van der Waals surface area contributed by atoms with Crippen LogP contribution in [0.2, 0.25) is 0 Å². The number of hydrogen-bond acceptors (Lipinski definition) is 8. The lowest BCUT2D eigenvalue weighted by atomic mass is 10.1. The summed E-state index contributed by atoms with van der Waals surface area (Å²) < 4.78 is 15.8. The van der Waals surface area contributed by atoms with Crippen LogP contribution >= 0.6 is 0 Å². The zero-order chi connectivity index (χ0) is 22.7. The summed E-state index contributed by atoms with van der Waals surface area (Å²) in [5, 5.41) is 13.4. The molecule has 2 aromatic rings. The average molecular weight is 442 g/mol. The molecule has 168 valence electrons. The Morgan fingerprint density at radius 2 is 1.84 bits per heavy atom. The highest BCUT2D eigenvalue weighted by Gasteiger charge is 2.27. The quantitative estimate of drug-likeness (QED) is 0.421. The van der Waals surface area contributed by atoms with Crippen LogP contribution < -0.4 is 19.5 Å². The highest BCUT2D eigenvalue weighted by Crippen LogP contribution is 2.33. The lowest BCUT2D eigenvalue weighted by Crippen LogP contribution is -2.51. The van der Waals surface area contributed by atoms with Gasteiger partial charge in [0.1, 0.15) is 5.75 Å². The van der Waals surface area contributed by atoms with Crippen molar-refractivity contribution < 1.29 is 28.7 Å². The number of nitro groups is 1. The molecule has 0 aliphatic carbocycles. The highest BCUT2D eigenvalue weighted by atomic mass is 16.7. The Hall–Kier alpha value is -3.86. The first-order valence-electron chi connectivity index (χ1n) is 9.98. The summed E-state index contributed by atoms with van der Waals surface area (Å²) in [5.74, 6) is 0.0953. The number of non-ortho nitro benzene ring substituents is 1. The Bertz CT molecular complexity index is 1050. The van der Waals surface area contributed by atoms with Crippen LogP contribution in [0.15, 0.2) is 36.4 Å². The molecule has 0 atom stereocenters. The first-order valence-corrected chi connectivity index (χ1v) is 9.98. The van der Waals surface area contributed by atoms with E-state index in [1.54, 1.807) is 0 Å². The van der Waals surface area contributed by atoms with Crippen molar-refractivity contribution >= 4 is 23.2 Å². The maximum absolute atomic E-state index is 12.6. The number of nitro benzene ring substituents is 1. The lowest BCUT2D eigenvalue weighted by molar-refractivity contribution is -0.384. The molecule has 32 heavy (non-hydrogen) atoms. The van der Waals surface area contributed by atoms with E-state index >= 15 is 0 Å². The molecule has 2 aliphatic rings. The average Bonchev–Trinajstić information content (AvgIpc) is 3.27. The molecule has 2 amide bonds. The molecular formula is C21H22N4O7. The third kappa shape index (κ3) is 4.57. The number of ether oxygens (including phenoxy) is 3. The Balaban J connectivity index is 1.31. The van der Waals surface area contributed by atoms with Crippen molar-refractivity contribution in [3.63, 3.8) is 0 Å². The number of fused-ring (bicyclic) bond motifs is 1. The number of benzene rings is 2. The number of carbonyl (C=O) groups excluding carboxylic acids is 2.